The van der Waals surface area contributed by atoms with Crippen LogP contribution in [0.25, 0.3) is 22.2 Å². The highest BCUT2D eigenvalue weighted by Crippen LogP contribution is 2.46. The van der Waals surface area contributed by atoms with E-state index < -0.39 is 23.7 Å². The lowest BCUT2D eigenvalue weighted by molar-refractivity contribution is -0.217. The fourth-order valence-corrected chi connectivity index (χ4v) is 5.25. The van der Waals surface area contributed by atoms with Crippen LogP contribution < -0.4 is 10.6 Å². The van der Waals surface area contributed by atoms with E-state index in [4.69, 9.17) is 4.42 Å². The van der Waals surface area contributed by atoms with Crippen molar-refractivity contribution < 1.29 is 27.2 Å². The Bertz CT molecular complexity index is 1270. The number of fused-ring (bicyclic) bond motifs is 3. The summed E-state index contributed by atoms with van der Waals surface area (Å²) in [6, 6.07) is 3.27. The molecule has 7 nitrogen and oxygen atoms in total. The van der Waals surface area contributed by atoms with E-state index in [-0.39, 0.29) is 23.4 Å². The fourth-order valence-electron chi connectivity index (χ4n) is 5.25. The second-order valence-electron chi connectivity index (χ2n) is 9.24. The van der Waals surface area contributed by atoms with Crippen LogP contribution in [0.5, 0.6) is 0 Å². The normalized spacial score (nSPS) is 20.7. The summed E-state index contributed by atoms with van der Waals surface area (Å²) in [5.74, 6) is -2.12. The molecule has 0 radical (unpaired) electrons. The van der Waals surface area contributed by atoms with Crippen LogP contribution in [0.4, 0.5) is 19.1 Å². The minimum Gasteiger partial charge on any atom is -0.472 e. The Kier molecular flexibility index (Phi) is 5.22. The van der Waals surface area contributed by atoms with Gasteiger partial charge in [0.2, 0.25) is 11.9 Å². The zero-order valence-corrected chi connectivity index (χ0v) is 18.9. The Hall–Kier alpha value is -3.30. The van der Waals surface area contributed by atoms with Gasteiger partial charge in [-0.3, -0.25) is 19.5 Å². The minimum atomic E-state index is -5.10. The average Bonchev–Trinajstić information content (AvgIpc) is 3.54. The van der Waals surface area contributed by atoms with Crippen LogP contribution in [0.3, 0.4) is 0 Å². The second kappa shape index (κ2) is 7.89. The van der Waals surface area contributed by atoms with Crippen LogP contribution >= 0.6 is 0 Å². The van der Waals surface area contributed by atoms with Gasteiger partial charge in [0.15, 0.2) is 0 Å². The first-order valence-corrected chi connectivity index (χ1v) is 11.4. The summed E-state index contributed by atoms with van der Waals surface area (Å²) < 4.78 is 50.0. The number of halogens is 3. The molecule has 1 aliphatic heterocycles. The van der Waals surface area contributed by atoms with Crippen LogP contribution in [0.2, 0.25) is 0 Å². The number of aromatic nitrogens is 2. The van der Waals surface area contributed by atoms with Gasteiger partial charge in [-0.05, 0) is 49.4 Å². The second-order valence-corrected chi connectivity index (χ2v) is 9.24. The maximum Gasteiger partial charge on any atom is 0.440 e. The van der Waals surface area contributed by atoms with E-state index in [0.717, 1.165) is 41.4 Å². The quantitative estimate of drug-likeness (QED) is 0.534. The number of anilines is 1. The van der Waals surface area contributed by atoms with Gasteiger partial charge in [0.05, 0.1) is 23.6 Å². The molecule has 0 saturated heterocycles. The van der Waals surface area contributed by atoms with E-state index in [1.807, 2.05) is 6.92 Å². The van der Waals surface area contributed by atoms with Crippen LogP contribution in [0, 0.1) is 19.8 Å². The number of hydrogen-bond donors (Lipinski definition) is 2. The van der Waals surface area contributed by atoms with Crippen LogP contribution in [-0.2, 0) is 15.3 Å². The summed E-state index contributed by atoms with van der Waals surface area (Å²) in [4.78, 5) is 30.0. The molecule has 2 N–H and O–H groups in total. The van der Waals surface area contributed by atoms with Crippen molar-refractivity contribution in [1.29, 1.82) is 0 Å². The molecule has 3 aromatic rings. The third-order valence-corrected chi connectivity index (χ3v) is 7.15. The number of carbonyl (C=O) groups is 2. The highest BCUT2D eigenvalue weighted by atomic mass is 19.4. The summed E-state index contributed by atoms with van der Waals surface area (Å²) in [7, 11) is 0. The summed E-state index contributed by atoms with van der Waals surface area (Å²) in [6.45, 7) is 3.62. The Labute approximate surface area is 193 Å². The monoisotopic (exact) mass is 474 g/mol. The zero-order valence-electron chi connectivity index (χ0n) is 18.9. The molecular weight excluding hydrogens is 449 g/mol. The third kappa shape index (κ3) is 3.30. The topological polar surface area (TPSA) is 89.2 Å². The largest absolute Gasteiger partial charge is 0.472 e. The number of hydrogen-bond acceptors (Lipinski definition) is 4. The SMILES string of the molecule is Cc1cc2c(nc3n2C(NC(=O)CCC2CCCC2)(C(F)(F)F)C(=O)N3)c(-c2ccoc2)c1C. The smallest absolute Gasteiger partial charge is 0.440 e. The molecule has 1 atom stereocenters. The standard InChI is InChI=1S/C24H25F3N4O3/c1-13-11-17-20(19(14(13)2)16-9-10-34-12-16)28-22-29-21(33)23(31(17)22,24(25,26)27)30-18(32)8-7-15-5-3-4-6-15/h9-12,15H,3-8H2,1-2H3,(H,30,32)(H,28,29,33). The van der Waals surface area contributed by atoms with E-state index in [1.54, 1.807) is 19.1 Å². The molecule has 180 valence electrons. The first-order valence-electron chi connectivity index (χ1n) is 11.4. The molecule has 1 saturated carbocycles. The third-order valence-electron chi connectivity index (χ3n) is 7.15. The average molecular weight is 474 g/mol. The molecular formula is C24H25F3N4O3. The van der Waals surface area contributed by atoms with Gasteiger partial charge in [-0.15, -0.1) is 0 Å². The lowest BCUT2D eigenvalue weighted by atomic mass is 9.96. The molecule has 1 aliphatic carbocycles. The van der Waals surface area contributed by atoms with E-state index in [0.29, 0.717) is 23.5 Å². The molecule has 1 fully saturated rings. The van der Waals surface area contributed by atoms with Gasteiger partial charge in [-0.25, -0.2) is 4.98 Å². The molecule has 0 spiro atoms. The van der Waals surface area contributed by atoms with Crippen molar-refractivity contribution in [2.24, 2.45) is 5.92 Å². The number of nitrogens with one attached hydrogen (secondary N) is 2. The Morgan fingerprint density at radius 1 is 1.32 bits per heavy atom. The van der Waals surface area contributed by atoms with Gasteiger partial charge in [0.1, 0.15) is 0 Å². The Morgan fingerprint density at radius 2 is 2.06 bits per heavy atom. The minimum absolute atomic E-state index is 0.0733. The van der Waals surface area contributed by atoms with Gasteiger partial charge in [0, 0.05) is 17.5 Å². The maximum atomic E-state index is 14.7. The first-order chi connectivity index (χ1) is 16.1. The van der Waals surface area contributed by atoms with Crippen LogP contribution in [-0.4, -0.2) is 27.5 Å². The number of aryl methyl sites for hydroxylation is 1. The van der Waals surface area contributed by atoms with Crippen molar-refractivity contribution in [3.63, 3.8) is 0 Å². The number of carbonyl (C=O) groups excluding carboxylic acids is 2. The van der Waals surface area contributed by atoms with Crippen molar-refractivity contribution in [2.75, 3.05) is 5.32 Å². The molecule has 2 amide bonds. The van der Waals surface area contributed by atoms with Crippen molar-refractivity contribution in [2.45, 2.75) is 64.2 Å². The molecule has 5 rings (SSSR count). The predicted octanol–water partition coefficient (Wildman–Crippen LogP) is 5.17. The number of furan rings is 1. The van der Waals surface area contributed by atoms with Crippen molar-refractivity contribution in [3.05, 3.63) is 35.8 Å². The van der Waals surface area contributed by atoms with E-state index >= 15 is 0 Å². The predicted molar refractivity (Wildman–Crippen MR) is 119 cm³/mol. The maximum absolute atomic E-state index is 14.7. The Morgan fingerprint density at radius 3 is 2.71 bits per heavy atom. The van der Waals surface area contributed by atoms with Gasteiger partial charge >= 0.3 is 6.18 Å². The molecule has 2 aromatic heterocycles. The summed E-state index contributed by atoms with van der Waals surface area (Å²) in [5, 5.41) is 4.31. The van der Waals surface area contributed by atoms with Crippen LogP contribution in [0.1, 0.15) is 49.7 Å². The number of rotatable bonds is 5. The highest BCUT2D eigenvalue weighted by Gasteiger charge is 2.67. The highest BCUT2D eigenvalue weighted by molar-refractivity contribution is 6.07. The summed E-state index contributed by atoms with van der Waals surface area (Å²) in [5.41, 5.74) is -0.0748. The fraction of sp³-hybridized carbons (Fsp3) is 0.458. The molecule has 0 bridgehead atoms. The van der Waals surface area contributed by atoms with Gasteiger partial charge in [-0.1, -0.05) is 25.7 Å². The number of benzene rings is 1. The van der Waals surface area contributed by atoms with Crippen molar-refractivity contribution in [3.8, 4) is 11.1 Å². The van der Waals surface area contributed by atoms with E-state index in [2.05, 4.69) is 15.6 Å². The molecule has 3 heterocycles. The molecule has 1 aromatic carbocycles. The number of amides is 2. The van der Waals surface area contributed by atoms with Gasteiger partial charge in [0.25, 0.3) is 11.6 Å². The Balaban J connectivity index is 1.63. The molecule has 2 aliphatic rings. The molecule has 1 unspecified atom stereocenters. The molecule has 10 heteroatoms. The lowest BCUT2D eigenvalue weighted by Gasteiger charge is -2.32. The lowest BCUT2D eigenvalue weighted by Crippen LogP contribution is -2.63. The van der Waals surface area contributed by atoms with Crippen molar-refractivity contribution >= 4 is 28.8 Å². The van der Waals surface area contributed by atoms with E-state index in [1.165, 1.54) is 12.5 Å². The number of nitrogens with zero attached hydrogens (tertiary/aromatic N) is 2. The van der Waals surface area contributed by atoms with Crippen LogP contribution in [0.15, 0.2) is 29.1 Å². The van der Waals surface area contributed by atoms with Crippen molar-refractivity contribution in [1.82, 2.24) is 14.9 Å². The zero-order chi connectivity index (χ0) is 24.3. The summed E-state index contributed by atoms with van der Waals surface area (Å²) >= 11 is 0. The van der Waals surface area contributed by atoms with Gasteiger partial charge in [-0.2, -0.15) is 13.2 Å². The first kappa shape index (κ1) is 22.5. The number of alkyl halides is 3. The summed E-state index contributed by atoms with van der Waals surface area (Å²) in [6.07, 6.45) is 2.39. The van der Waals surface area contributed by atoms with Gasteiger partial charge < -0.3 is 9.73 Å². The molecule has 34 heavy (non-hydrogen) atoms. The number of imidazole rings is 1. The van der Waals surface area contributed by atoms with E-state index in [9.17, 15) is 22.8 Å².